The van der Waals surface area contributed by atoms with E-state index in [1.165, 1.54) is 17.7 Å². The Bertz CT molecular complexity index is 870. The van der Waals surface area contributed by atoms with Crippen LogP contribution in [0.2, 0.25) is 0 Å². The smallest absolute Gasteiger partial charge is 0.227 e. The Morgan fingerprint density at radius 1 is 1.15 bits per heavy atom. The molecule has 3 heterocycles. The summed E-state index contributed by atoms with van der Waals surface area (Å²) < 4.78 is 20.9. The average molecular weight is 372 g/mol. The number of hydrogen-bond donors (Lipinski definition) is 0. The lowest BCUT2D eigenvalue weighted by Crippen LogP contribution is -2.61. The van der Waals surface area contributed by atoms with E-state index in [0.29, 0.717) is 6.42 Å². The molecular formula is C19H21FN4OS. The van der Waals surface area contributed by atoms with Gasteiger partial charge in [-0.05, 0) is 47.0 Å². The summed E-state index contributed by atoms with van der Waals surface area (Å²) in [6, 6.07) is 8.67. The molecule has 136 valence electrons. The highest BCUT2D eigenvalue weighted by Gasteiger charge is 2.41. The summed E-state index contributed by atoms with van der Waals surface area (Å²) in [6.45, 7) is 4.41. The van der Waals surface area contributed by atoms with Crippen molar-refractivity contribution in [1.82, 2.24) is 14.8 Å². The van der Waals surface area contributed by atoms with Gasteiger partial charge in [-0.3, -0.25) is 4.57 Å². The van der Waals surface area contributed by atoms with Gasteiger partial charge in [0.05, 0.1) is 19.6 Å². The van der Waals surface area contributed by atoms with Gasteiger partial charge in [-0.1, -0.05) is 12.1 Å². The van der Waals surface area contributed by atoms with Gasteiger partial charge in [0.1, 0.15) is 17.2 Å². The lowest BCUT2D eigenvalue weighted by Gasteiger charge is -2.47. The van der Waals surface area contributed by atoms with Gasteiger partial charge in [0.25, 0.3) is 0 Å². The minimum absolute atomic E-state index is 0.129. The number of aromatic nitrogens is 3. The second-order valence-electron chi connectivity index (χ2n) is 6.95. The third-order valence-corrected chi connectivity index (χ3v) is 5.56. The van der Waals surface area contributed by atoms with Crippen molar-refractivity contribution >= 4 is 17.3 Å². The van der Waals surface area contributed by atoms with Crippen molar-refractivity contribution in [3.8, 4) is 0 Å². The number of halogens is 1. The minimum atomic E-state index is -0.228. The van der Waals surface area contributed by atoms with Crippen molar-refractivity contribution < 1.29 is 9.13 Å². The lowest BCUT2D eigenvalue weighted by atomic mass is 9.97. The number of thiophene rings is 1. The highest BCUT2D eigenvalue weighted by atomic mass is 32.1. The van der Waals surface area contributed by atoms with E-state index < -0.39 is 0 Å². The fourth-order valence-electron chi connectivity index (χ4n) is 3.23. The highest BCUT2D eigenvalue weighted by Crippen LogP contribution is 2.30. The first-order valence-corrected chi connectivity index (χ1v) is 9.48. The van der Waals surface area contributed by atoms with Crippen molar-refractivity contribution in [3.05, 3.63) is 63.9 Å². The van der Waals surface area contributed by atoms with E-state index in [9.17, 15) is 4.39 Å². The molecule has 1 aliphatic heterocycles. The molecule has 3 aromatic rings. The molecule has 0 amide bonds. The van der Waals surface area contributed by atoms with E-state index in [1.807, 2.05) is 0 Å². The van der Waals surface area contributed by atoms with Crippen LogP contribution in [0.4, 0.5) is 10.3 Å². The predicted molar refractivity (Wildman–Crippen MR) is 100 cm³/mol. The van der Waals surface area contributed by atoms with E-state index in [-0.39, 0.29) is 11.4 Å². The van der Waals surface area contributed by atoms with Gasteiger partial charge in [-0.25, -0.2) is 4.39 Å². The molecule has 1 fully saturated rings. The van der Waals surface area contributed by atoms with Gasteiger partial charge in [0.2, 0.25) is 5.95 Å². The Labute approximate surface area is 156 Å². The zero-order valence-corrected chi connectivity index (χ0v) is 15.7. The first-order chi connectivity index (χ1) is 12.6. The standard InChI is InChI=1S/C19H21FN4OS/c1-19(25-2)12-23(13-19)18-22-21-17(9-14-3-5-16(20)6-4-14)24(18)10-15-7-8-26-11-15/h3-8,11H,9-10,12-13H2,1-2H3. The van der Waals surface area contributed by atoms with E-state index in [0.717, 1.165) is 37.0 Å². The van der Waals surface area contributed by atoms with Crippen LogP contribution < -0.4 is 4.90 Å². The summed E-state index contributed by atoms with van der Waals surface area (Å²) in [5.74, 6) is 1.51. The summed E-state index contributed by atoms with van der Waals surface area (Å²) in [7, 11) is 1.74. The quantitative estimate of drug-likeness (QED) is 0.666. The number of nitrogens with zero attached hydrogens (tertiary/aromatic N) is 4. The van der Waals surface area contributed by atoms with Crippen LogP contribution in [0.5, 0.6) is 0 Å². The van der Waals surface area contributed by atoms with E-state index in [2.05, 4.69) is 43.4 Å². The molecule has 0 aliphatic carbocycles. The summed E-state index contributed by atoms with van der Waals surface area (Å²) in [4.78, 5) is 2.19. The Morgan fingerprint density at radius 3 is 2.58 bits per heavy atom. The normalized spacial score (nSPS) is 15.9. The molecule has 0 unspecified atom stereocenters. The Morgan fingerprint density at radius 2 is 1.92 bits per heavy atom. The van der Waals surface area contributed by atoms with E-state index >= 15 is 0 Å². The molecule has 0 saturated carbocycles. The van der Waals surface area contributed by atoms with E-state index in [4.69, 9.17) is 4.74 Å². The van der Waals surface area contributed by atoms with Gasteiger partial charge in [0.15, 0.2) is 0 Å². The second kappa shape index (κ2) is 6.81. The Balaban J connectivity index is 1.62. The first kappa shape index (κ1) is 17.2. The third kappa shape index (κ3) is 3.37. The Hall–Kier alpha value is -2.25. The van der Waals surface area contributed by atoms with Gasteiger partial charge in [0, 0.05) is 13.5 Å². The van der Waals surface area contributed by atoms with E-state index in [1.54, 1.807) is 30.6 Å². The molecule has 1 saturated heterocycles. The zero-order valence-electron chi connectivity index (χ0n) is 14.9. The summed E-state index contributed by atoms with van der Waals surface area (Å²) in [5.41, 5.74) is 2.12. The summed E-state index contributed by atoms with van der Waals surface area (Å²) in [5, 5.41) is 13.1. The number of hydrogen-bond acceptors (Lipinski definition) is 5. The van der Waals surface area contributed by atoms with Crippen molar-refractivity contribution in [1.29, 1.82) is 0 Å². The van der Waals surface area contributed by atoms with Crippen LogP contribution in [0.25, 0.3) is 0 Å². The molecule has 0 spiro atoms. The van der Waals surface area contributed by atoms with Crippen molar-refractivity contribution in [3.63, 3.8) is 0 Å². The van der Waals surface area contributed by atoms with Crippen LogP contribution in [0.1, 0.15) is 23.9 Å². The topological polar surface area (TPSA) is 43.2 Å². The fourth-order valence-corrected chi connectivity index (χ4v) is 3.89. The molecule has 1 aliphatic rings. The molecule has 7 heteroatoms. The average Bonchev–Trinajstić information content (AvgIpc) is 3.25. The number of benzene rings is 1. The molecule has 0 bridgehead atoms. The molecule has 0 atom stereocenters. The second-order valence-corrected chi connectivity index (χ2v) is 7.73. The number of rotatable bonds is 6. The maximum Gasteiger partial charge on any atom is 0.227 e. The highest BCUT2D eigenvalue weighted by molar-refractivity contribution is 7.07. The predicted octanol–water partition coefficient (Wildman–Crippen LogP) is 3.34. The maximum absolute atomic E-state index is 13.2. The monoisotopic (exact) mass is 372 g/mol. The van der Waals surface area contributed by atoms with Crippen molar-refractivity contribution in [2.24, 2.45) is 0 Å². The number of anilines is 1. The summed E-state index contributed by atoms with van der Waals surface area (Å²) in [6.07, 6.45) is 0.618. The molecule has 0 N–H and O–H groups in total. The van der Waals surface area contributed by atoms with Crippen molar-refractivity contribution in [2.75, 3.05) is 25.1 Å². The van der Waals surface area contributed by atoms with Crippen LogP contribution in [-0.2, 0) is 17.7 Å². The van der Waals surface area contributed by atoms with Crippen LogP contribution >= 0.6 is 11.3 Å². The largest absolute Gasteiger partial charge is 0.375 e. The number of ether oxygens (including phenoxy) is 1. The van der Waals surface area contributed by atoms with Crippen molar-refractivity contribution in [2.45, 2.75) is 25.5 Å². The van der Waals surface area contributed by atoms with Crippen LogP contribution in [0, 0.1) is 5.82 Å². The zero-order chi connectivity index (χ0) is 18.1. The van der Waals surface area contributed by atoms with Gasteiger partial charge >= 0.3 is 0 Å². The minimum Gasteiger partial charge on any atom is -0.375 e. The molecule has 2 aromatic heterocycles. The SMILES string of the molecule is COC1(C)CN(c2nnc(Cc3ccc(F)cc3)n2Cc2ccsc2)C1. The molecule has 1 aromatic carbocycles. The van der Waals surface area contributed by atoms with Crippen LogP contribution in [0.3, 0.4) is 0 Å². The third-order valence-electron chi connectivity index (χ3n) is 4.83. The van der Waals surface area contributed by atoms with Gasteiger partial charge in [-0.15, -0.1) is 10.2 Å². The van der Waals surface area contributed by atoms with Gasteiger partial charge < -0.3 is 9.64 Å². The number of methoxy groups -OCH3 is 1. The molecule has 26 heavy (non-hydrogen) atoms. The first-order valence-electron chi connectivity index (χ1n) is 8.54. The molecule has 0 radical (unpaired) electrons. The van der Waals surface area contributed by atoms with Crippen LogP contribution in [-0.4, -0.2) is 40.6 Å². The molecule has 4 rings (SSSR count). The van der Waals surface area contributed by atoms with Gasteiger partial charge in [-0.2, -0.15) is 11.3 Å². The lowest BCUT2D eigenvalue weighted by molar-refractivity contribution is -0.0178. The Kier molecular flexibility index (Phi) is 4.50. The molecule has 5 nitrogen and oxygen atoms in total. The fraction of sp³-hybridized carbons (Fsp3) is 0.368. The molecular weight excluding hydrogens is 351 g/mol. The summed E-state index contributed by atoms with van der Waals surface area (Å²) >= 11 is 1.68. The van der Waals surface area contributed by atoms with Crippen LogP contribution in [0.15, 0.2) is 41.1 Å². The maximum atomic E-state index is 13.2.